The SMILES string of the molecule is CC(=O)N1C=Cc2ccccc2[C@H]1CC(=O)OCc1ccc(F)cc1Cl. The van der Waals surface area contributed by atoms with E-state index in [1.165, 1.54) is 30.0 Å². The summed E-state index contributed by atoms with van der Waals surface area (Å²) in [5.41, 5.74) is 2.38. The Morgan fingerprint density at radius 3 is 2.73 bits per heavy atom. The van der Waals surface area contributed by atoms with Crippen LogP contribution in [-0.2, 0) is 20.9 Å². The first-order valence-electron chi connectivity index (χ1n) is 8.11. The van der Waals surface area contributed by atoms with Gasteiger partial charge < -0.3 is 9.64 Å². The van der Waals surface area contributed by atoms with Crippen LogP contribution in [0.2, 0.25) is 5.02 Å². The molecule has 4 nitrogen and oxygen atoms in total. The lowest BCUT2D eigenvalue weighted by Gasteiger charge is -2.32. The van der Waals surface area contributed by atoms with E-state index in [0.29, 0.717) is 5.56 Å². The smallest absolute Gasteiger partial charge is 0.308 e. The standard InChI is InChI=1S/C20H17ClFNO3/c1-13(24)23-9-8-14-4-2-3-5-17(14)19(23)11-20(25)26-12-15-6-7-16(22)10-18(15)21/h2-10,19H,11-12H2,1H3/t19-/m1/s1. The number of benzene rings is 2. The van der Waals surface area contributed by atoms with Gasteiger partial charge in [0.05, 0.1) is 17.5 Å². The number of ether oxygens (including phenoxy) is 1. The van der Waals surface area contributed by atoms with Gasteiger partial charge in [0.25, 0.3) is 0 Å². The Morgan fingerprint density at radius 2 is 2.00 bits per heavy atom. The van der Waals surface area contributed by atoms with Gasteiger partial charge in [-0.25, -0.2) is 4.39 Å². The molecular weight excluding hydrogens is 357 g/mol. The molecule has 1 atom stereocenters. The van der Waals surface area contributed by atoms with Crippen molar-refractivity contribution in [2.75, 3.05) is 0 Å². The second-order valence-corrected chi connectivity index (χ2v) is 6.39. The van der Waals surface area contributed by atoms with E-state index in [9.17, 15) is 14.0 Å². The van der Waals surface area contributed by atoms with Crippen molar-refractivity contribution in [3.8, 4) is 0 Å². The molecule has 0 aromatic heterocycles. The fraction of sp³-hybridized carbons (Fsp3) is 0.200. The van der Waals surface area contributed by atoms with E-state index < -0.39 is 17.8 Å². The zero-order chi connectivity index (χ0) is 18.7. The van der Waals surface area contributed by atoms with Gasteiger partial charge in [0.2, 0.25) is 5.91 Å². The summed E-state index contributed by atoms with van der Waals surface area (Å²) < 4.78 is 18.4. The van der Waals surface area contributed by atoms with Gasteiger partial charge in [0, 0.05) is 18.7 Å². The van der Waals surface area contributed by atoms with Crippen molar-refractivity contribution >= 4 is 29.6 Å². The molecule has 134 valence electrons. The highest BCUT2D eigenvalue weighted by Crippen LogP contribution is 2.33. The summed E-state index contributed by atoms with van der Waals surface area (Å²) in [6, 6.07) is 11.1. The molecule has 6 heteroatoms. The van der Waals surface area contributed by atoms with Gasteiger partial charge in [-0.05, 0) is 29.3 Å². The van der Waals surface area contributed by atoms with Gasteiger partial charge in [0.1, 0.15) is 12.4 Å². The number of nitrogens with zero attached hydrogens (tertiary/aromatic N) is 1. The van der Waals surface area contributed by atoms with E-state index in [2.05, 4.69) is 0 Å². The number of fused-ring (bicyclic) bond motifs is 1. The molecule has 0 radical (unpaired) electrons. The largest absolute Gasteiger partial charge is 0.461 e. The van der Waals surface area contributed by atoms with Crippen molar-refractivity contribution in [1.29, 1.82) is 0 Å². The number of rotatable bonds is 4. The Labute approximate surface area is 155 Å². The Morgan fingerprint density at radius 1 is 1.23 bits per heavy atom. The summed E-state index contributed by atoms with van der Waals surface area (Å²) in [5, 5.41) is 0.203. The van der Waals surface area contributed by atoms with Gasteiger partial charge in [-0.3, -0.25) is 9.59 Å². The van der Waals surface area contributed by atoms with E-state index in [-0.39, 0.29) is 24.0 Å². The van der Waals surface area contributed by atoms with E-state index >= 15 is 0 Å². The van der Waals surface area contributed by atoms with Crippen molar-refractivity contribution in [2.45, 2.75) is 26.0 Å². The van der Waals surface area contributed by atoms with Crippen LogP contribution < -0.4 is 0 Å². The quantitative estimate of drug-likeness (QED) is 0.742. The number of hydrogen-bond donors (Lipinski definition) is 0. The van der Waals surface area contributed by atoms with Gasteiger partial charge in [-0.2, -0.15) is 0 Å². The maximum atomic E-state index is 13.1. The van der Waals surface area contributed by atoms with Crippen LogP contribution in [0.1, 0.15) is 36.1 Å². The molecule has 0 unspecified atom stereocenters. The summed E-state index contributed by atoms with van der Waals surface area (Å²) in [5.74, 6) is -1.07. The second kappa shape index (κ2) is 7.70. The molecule has 0 aliphatic carbocycles. The molecule has 2 aromatic rings. The van der Waals surface area contributed by atoms with Crippen LogP contribution in [0, 0.1) is 5.82 Å². The maximum absolute atomic E-state index is 13.1. The minimum absolute atomic E-state index is 0.0136. The van der Waals surface area contributed by atoms with Gasteiger partial charge >= 0.3 is 5.97 Å². The highest BCUT2D eigenvalue weighted by atomic mass is 35.5. The molecule has 0 N–H and O–H groups in total. The number of carbonyl (C=O) groups is 2. The number of esters is 1. The molecule has 1 heterocycles. The van der Waals surface area contributed by atoms with Gasteiger partial charge in [-0.15, -0.1) is 0 Å². The third-order valence-electron chi connectivity index (χ3n) is 4.23. The van der Waals surface area contributed by atoms with Crippen molar-refractivity contribution in [1.82, 2.24) is 4.90 Å². The lowest BCUT2D eigenvalue weighted by atomic mass is 9.94. The molecule has 0 saturated heterocycles. The van der Waals surface area contributed by atoms with E-state index in [1.807, 2.05) is 30.3 Å². The molecule has 3 rings (SSSR count). The first-order chi connectivity index (χ1) is 12.5. The molecule has 1 amide bonds. The first kappa shape index (κ1) is 18.1. The second-order valence-electron chi connectivity index (χ2n) is 5.99. The third-order valence-corrected chi connectivity index (χ3v) is 4.58. The molecule has 1 aliphatic rings. The fourth-order valence-electron chi connectivity index (χ4n) is 2.93. The summed E-state index contributed by atoms with van der Waals surface area (Å²) in [6.45, 7) is 1.40. The molecule has 0 fully saturated rings. The zero-order valence-electron chi connectivity index (χ0n) is 14.1. The van der Waals surface area contributed by atoms with Crippen LogP contribution in [-0.4, -0.2) is 16.8 Å². The molecule has 0 bridgehead atoms. The molecule has 0 saturated carbocycles. The minimum atomic E-state index is -0.466. The number of carbonyl (C=O) groups excluding carboxylic acids is 2. The summed E-state index contributed by atoms with van der Waals surface area (Å²) >= 11 is 5.94. The van der Waals surface area contributed by atoms with Crippen molar-refractivity contribution in [2.24, 2.45) is 0 Å². The normalized spacial score (nSPS) is 15.5. The number of hydrogen-bond acceptors (Lipinski definition) is 3. The molecule has 0 spiro atoms. The Kier molecular flexibility index (Phi) is 5.38. The van der Waals surface area contributed by atoms with Crippen LogP contribution in [0.4, 0.5) is 4.39 Å². The highest BCUT2D eigenvalue weighted by molar-refractivity contribution is 6.31. The van der Waals surface area contributed by atoms with Gasteiger partial charge in [0.15, 0.2) is 0 Å². The summed E-state index contributed by atoms with van der Waals surface area (Å²) in [7, 11) is 0. The minimum Gasteiger partial charge on any atom is -0.461 e. The van der Waals surface area contributed by atoms with E-state index in [4.69, 9.17) is 16.3 Å². The number of amides is 1. The van der Waals surface area contributed by atoms with Crippen LogP contribution in [0.15, 0.2) is 48.7 Å². The summed E-state index contributed by atoms with van der Waals surface area (Å²) in [4.78, 5) is 25.8. The van der Waals surface area contributed by atoms with E-state index in [1.54, 1.807) is 6.20 Å². The van der Waals surface area contributed by atoms with Crippen LogP contribution in [0.25, 0.3) is 6.08 Å². The molecule has 1 aliphatic heterocycles. The first-order valence-corrected chi connectivity index (χ1v) is 8.49. The zero-order valence-corrected chi connectivity index (χ0v) is 14.9. The predicted molar refractivity (Wildman–Crippen MR) is 96.6 cm³/mol. The monoisotopic (exact) mass is 373 g/mol. The van der Waals surface area contributed by atoms with Crippen molar-refractivity contribution in [3.63, 3.8) is 0 Å². The lowest BCUT2D eigenvalue weighted by molar-refractivity contribution is -0.146. The Balaban J connectivity index is 1.72. The Hall–Kier alpha value is -2.66. The van der Waals surface area contributed by atoms with Crippen molar-refractivity contribution in [3.05, 3.63) is 76.2 Å². The topological polar surface area (TPSA) is 46.6 Å². The Bertz CT molecular complexity index is 881. The van der Waals surface area contributed by atoms with Gasteiger partial charge in [-0.1, -0.05) is 41.9 Å². The van der Waals surface area contributed by atoms with Crippen LogP contribution in [0.3, 0.4) is 0 Å². The van der Waals surface area contributed by atoms with Crippen molar-refractivity contribution < 1.29 is 18.7 Å². The average Bonchev–Trinajstić information content (AvgIpc) is 2.61. The number of halogens is 2. The molecule has 2 aromatic carbocycles. The summed E-state index contributed by atoms with van der Waals surface area (Å²) in [6.07, 6.45) is 3.54. The molecular formula is C20H17ClFNO3. The fourth-order valence-corrected chi connectivity index (χ4v) is 3.15. The average molecular weight is 374 g/mol. The van der Waals surface area contributed by atoms with Crippen LogP contribution in [0.5, 0.6) is 0 Å². The molecule has 26 heavy (non-hydrogen) atoms. The van der Waals surface area contributed by atoms with Crippen LogP contribution >= 0.6 is 11.6 Å². The maximum Gasteiger partial charge on any atom is 0.308 e. The predicted octanol–water partition coefficient (Wildman–Crippen LogP) is 4.49. The third kappa shape index (κ3) is 3.94. The lowest BCUT2D eigenvalue weighted by Crippen LogP contribution is -2.32. The van der Waals surface area contributed by atoms with E-state index in [0.717, 1.165) is 11.1 Å². The highest BCUT2D eigenvalue weighted by Gasteiger charge is 2.28.